The van der Waals surface area contributed by atoms with Crippen molar-refractivity contribution in [3.63, 3.8) is 0 Å². The quantitative estimate of drug-likeness (QED) is 0.698. The van der Waals surface area contributed by atoms with Gasteiger partial charge in [-0.3, -0.25) is 0 Å². The van der Waals surface area contributed by atoms with E-state index in [2.05, 4.69) is 10.1 Å². The predicted octanol–water partition coefficient (Wildman–Crippen LogP) is -0.870. The molecule has 16 heavy (non-hydrogen) atoms. The highest BCUT2D eigenvalue weighted by atomic mass is 32.2. The number of ether oxygens (including phenoxy) is 1. The molecule has 1 aromatic heterocycles. The fourth-order valence-corrected chi connectivity index (χ4v) is 1.71. The Bertz CT molecular complexity index is 424. The Morgan fingerprint density at radius 3 is 2.75 bits per heavy atom. The second kappa shape index (κ2) is 5.37. The molecule has 0 bridgehead atoms. The summed E-state index contributed by atoms with van der Waals surface area (Å²) in [4.78, 5) is 3.94. The van der Waals surface area contributed by atoms with Gasteiger partial charge in [-0.1, -0.05) is 5.16 Å². The van der Waals surface area contributed by atoms with Gasteiger partial charge in [0.1, 0.15) is 5.75 Å². The van der Waals surface area contributed by atoms with Crippen molar-refractivity contribution in [2.24, 2.45) is 5.73 Å². The normalized spacial score (nSPS) is 13.9. The largest absolute Gasteiger partial charge is 0.380 e. The lowest BCUT2D eigenvalue weighted by molar-refractivity contribution is 0.102. The second-order valence-corrected chi connectivity index (χ2v) is 5.61. The van der Waals surface area contributed by atoms with E-state index in [1.54, 1.807) is 0 Å². The minimum atomic E-state index is -3.14. The van der Waals surface area contributed by atoms with Gasteiger partial charge in [-0.05, 0) is 0 Å². The lowest BCUT2D eigenvalue weighted by Gasteiger charge is -2.08. The first kappa shape index (κ1) is 13.1. The van der Waals surface area contributed by atoms with E-state index in [4.69, 9.17) is 15.0 Å². The van der Waals surface area contributed by atoms with Gasteiger partial charge in [0.15, 0.2) is 15.7 Å². The van der Waals surface area contributed by atoms with Crippen molar-refractivity contribution in [3.8, 4) is 0 Å². The van der Waals surface area contributed by atoms with Gasteiger partial charge in [0.25, 0.3) is 0 Å². The number of methoxy groups -OCH3 is 1. The molecule has 1 aromatic rings. The van der Waals surface area contributed by atoms with Gasteiger partial charge in [-0.2, -0.15) is 4.98 Å². The zero-order valence-electron chi connectivity index (χ0n) is 9.21. The van der Waals surface area contributed by atoms with E-state index in [0.717, 1.165) is 6.26 Å². The summed E-state index contributed by atoms with van der Waals surface area (Å²) in [5, 5.41) is 3.56. The maximum atomic E-state index is 11.0. The van der Waals surface area contributed by atoms with E-state index in [1.165, 1.54) is 7.11 Å². The average molecular weight is 249 g/mol. The summed E-state index contributed by atoms with van der Waals surface area (Å²) in [6.07, 6.45) is 1.29. The Labute approximate surface area is 93.9 Å². The molecule has 8 heteroatoms. The van der Waals surface area contributed by atoms with Crippen LogP contribution in [0.5, 0.6) is 0 Å². The van der Waals surface area contributed by atoms with Gasteiger partial charge in [0, 0.05) is 19.9 Å². The minimum Gasteiger partial charge on any atom is -0.380 e. The molecule has 0 aliphatic heterocycles. The summed E-state index contributed by atoms with van der Waals surface area (Å²) in [6, 6.07) is 0. The van der Waals surface area contributed by atoms with E-state index in [0.29, 0.717) is 18.9 Å². The molecule has 0 saturated carbocycles. The van der Waals surface area contributed by atoms with Crippen LogP contribution in [0.4, 0.5) is 0 Å². The van der Waals surface area contributed by atoms with E-state index in [9.17, 15) is 8.42 Å². The van der Waals surface area contributed by atoms with E-state index in [1.807, 2.05) is 0 Å². The SMILES string of the molecule is COC(CN)Cc1nc(CS(C)(=O)=O)no1. The number of hydrogen-bond donors (Lipinski definition) is 1. The minimum absolute atomic E-state index is 0.157. The molecule has 0 saturated heterocycles. The molecule has 92 valence electrons. The number of nitrogens with zero attached hydrogens (tertiary/aromatic N) is 2. The van der Waals surface area contributed by atoms with Crippen LogP contribution in [0.1, 0.15) is 11.7 Å². The maximum absolute atomic E-state index is 11.0. The van der Waals surface area contributed by atoms with Crippen molar-refractivity contribution < 1.29 is 17.7 Å². The first-order chi connectivity index (χ1) is 7.44. The van der Waals surface area contributed by atoms with Crippen LogP contribution in [0, 0.1) is 0 Å². The molecule has 0 radical (unpaired) electrons. The van der Waals surface area contributed by atoms with Gasteiger partial charge in [0.05, 0.1) is 12.5 Å². The Balaban J connectivity index is 2.64. The van der Waals surface area contributed by atoms with Crippen LogP contribution in [0.3, 0.4) is 0 Å². The van der Waals surface area contributed by atoms with Gasteiger partial charge in [0.2, 0.25) is 5.89 Å². The van der Waals surface area contributed by atoms with Crippen LogP contribution in [-0.4, -0.2) is 44.6 Å². The molecule has 0 aromatic carbocycles. The van der Waals surface area contributed by atoms with Crippen LogP contribution < -0.4 is 5.73 Å². The number of nitrogens with two attached hydrogens (primary N) is 1. The third-order valence-electron chi connectivity index (χ3n) is 1.90. The molecular formula is C8H15N3O4S. The summed E-state index contributed by atoms with van der Waals surface area (Å²) in [5.41, 5.74) is 5.43. The van der Waals surface area contributed by atoms with Crippen molar-refractivity contribution in [3.05, 3.63) is 11.7 Å². The van der Waals surface area contributed by atoms with E-state index < -0.39 is 9.84 Å². The zero-order valence-corrected chi connectivity index (χ0v) is 10.0. The third-order valence-corrected chi connectivity index (χ3v) is 2.68. The lowest BCUT2D eigenvalue weighted by Crippen LogP contribution is -2.24. The summed E-state index contributed by atoms with van der Waals surface area (Å²) in [6.45, 7) is 0.334. The molecule has 1 unspecified atom stereocenters. The molecule has 1 atom stereocenters. The standard InChI is InChI=1S/C8H15N3O4S/c1-14-6(4-9)3-8-10-7(11-15-8)5-16(2,12)13/h6H,3-5,9H2,1-2H3. The summed E-state index contributed by atoms with van der Waals surface area (Å²) in [5.74, 6) is 0.261. The van der Waals surface area contributed by atoms with Crippen LogP contribution >= 0.6 is 0 Å². The highest BCUT2D eigenvalue weighted by Crippen LogP contribution is 2.05. The zero-order chi connectivity index (χ0) is 12.2. The van der Waals surface area contributed by atoms with Crippen LogP contribution in [0.2, 0.25) is 0 Å². The topological polar surface area (TPSA) is 108 Å². The van der Waals surface area contributed by atoms with Gasteiger partial charge in [-0.15, -0.1) is 0 Å². The van der Waals surface area contributed by atoms with Crippen LogP contribution in [-0.2, 0) is 26.7 Å². The summed E-state index contributed by atoms with van der Waals surface area (Å²) < 4.78 is 31.9. The highest BCUT2D eigenvalue weighted by molar-refractivity contribution is 7.89. The van der Waals surface area contributed by atoms with Crippen molar-refractivity contribution in [2.75, 3.05) is 19.9 Å². The molecular weight excluding hydrogens is 234 g/mol. The maximum Gasteiger partial charge on any atom is 0.229 e. The Hall–Kier alpha value is -0.990. The molecule has 0 fully saturated rings. The van der Waals surface area contributed by atoms with Gasteiger partial charge < -0.3 is 15.0 Å². The molecule has 0 aliphatic rings. The average Bonchev–Trinajstić information content (AvgIpc) is 2.59. The Morgan fingerprint density at radius 2 is 2.25 bits per heavy atom. The van der Waals surface area contributed by atoms with Crippen molar-refractivity contribution in [2.45, 2.75) is 18.3 Å². The van der Waals surface area contributed by atoms with Gasteiger partial charge >= 0.3 is 0 Å². The van der Waals surface area contributed by atoms with Gasteiger partial charge in [-0.25, -0.2) is 8.42 Å². The number of hydrogen-bond acceptors (Lipinski definition) is 7. The fraction of sp³-hybridized carbons (Fsp3) is 0.750. The monoisotopic (exact) mass is 249 g/mol. The smallest absolute Gasteiger partial charge is 0.229 e. The third kappa shape index (κ3) is 4.25. The number of rotatable bonds is 6. The van der Waals surface area contributed by atoms with Crippen molar-refractivity contribution in [1.82, 2.24) is 10.1 Å². The molecule has 0 amide bonds. The number of sulfone groups is 1. The van der Waals surface area contributed by atoms with Crippen LogP contribution in [0.25, 0.3) is 0 Å². The molecule has 7 nitrogen and oxygen atoms in total. The second-order valence-electron chi connectivity index (χ2n) is 3.47. The fourth-order valence-electron chi connectivity index (χ4n) is 1.12. The highest BCUT2D eigenvalue weighted by Gasteiger charge is 2.15. The first-order valence-corrected chi connectivity index (χ1v) is 6.72. The Kier molecular flexibility index (Phi) is 4.39. The lowest BCUT2D eigenvalue weighted by atomic mass is 10.2. The van der Waals surface area contributed by atoms with E-state index in [-0.39, 0.29) is 17.7 Å². The molecule has 0 spiro atoms. The molecule has 1 heterocycles. The molecule has 0 aliphatic carbocycles. The summed E-state index contributed by atoms with van der Waals surface area (Å²) >= 11 is 0. The predicted molar refractivity (Wildman–Crippen MR) is 56.4 cm³/mol. The Morgan fingerprint density at radius 1 is 1.56 bits per heavy atom. The van der Waals surface area contributed by atoms with Crippen molar-refractivity contribution >= 4 is 9.84 Å². The van der Waals surface area contributed by atoms with Crippen molar-refractivity contribution in [1.29, 1.82) is 0 Å². The summed E-state index contributed by atoms with van der Waals surface area (Å²) in [7, 11) is -1.61. The molecule has 2 N–H and O–H groups in total. The molecule has 1 rings (SSSR count). The van der Waals surface area contributed by atoms with E-state index >= 15 is 0 Å². The number of aromatic nitrogens is 2. The first-order valence-electron chi connectivity index (χ1n) is 4.66. The van der Waals surface area contributed by atoms with Crippen LogP contribution in [0.15, 0.2) is 4.52 Å².